The highest BCUT2D eigenvalue weighted by molar-refractivity contribution is 7.90. The van der Waals surface area contributed by atoms with Gasteiger partial charge in [0.05, 0.1) is 5.69 Å². The van der Waals surface area contributed by atoms with Crippen molar-refractivity contribution in [2.24, 2.45) is 5.92 Å². The molecule has 8 nitrogen and oxygen atoms in total. The molecule has 0 aliphatic carbocycles. The van der Waals surface area contributed by atoms with E-state index in [9.17, 15) is 22.8 Å². The fraction of sp³-hybridized carbons (Fsp3) is 0.435. The average molecular weight is 462 g/mol. The number of rotatable bonds is 7. The molecule has 1 aliphatic heterocycles. The van der Waals surface area contributed by atoms with Gasteiger partial charge in [-0.2, -0.15) is 0 Å². The lowest BCUT2D eigenvalue weighted by atomic mass is 9.98. The molecule has 0 N–H and O–H groups in total. The second kappa shape index (κ2) is 8.54. The Kier molecular flexibility index (Phi) is 6.33. The molecular formula is C23H27NO7S. The predicted molar refractivity (Wildman–Crippen MR) is 116 cm³/mol. The van der Waals surface area contributed by atoms with Crippen LogP contribution in [-0.4, -0.2) is 42.7 Å². The van der Waals surface area contributed by atoms with E-state index in [0.717, 1.165) is 6.26 Å². The fourth-order valence-corrected chi connectivity index (χ4v) is 4.66. The van der Waals surface area contributed by atoms with Crippen molar-refractivity contribution in [3.63, 3.8) is 0 Å². The van der Waals surface area contributed by atoms with Crippen LogP contribution in [0.2, 0.25) is 0 Å². The van der Waals surface area contributed by atoms with Gasteiger partial charge < -0.3 is 14.0 Å². The average Bonchev–Trinajstić information content (AvgIpc) is 3.06. The fourth-order valence-electron chi connectivity index (χ4n) is 3.73. The lowest BCUT2D eigenvalue weighted by Gasteiger charge is -2.33. The van der Waals surface area contributed by atoms with E-state index < -0.39 is 33.5 Å². The zero-order chi connectivity index (χ0) is 23.8. The molecule has 2 aromatic rings. The van der Waals surface area contributed by atoms with Crippen LogP contribution in [0, 0.1) is 5.92 Å². The Hall–Kier alpha value is -2.94. The van der Waals surface area contributed by atoms with Gasteiger partial charge in [-0.3, -0.25) is 14.4 Å². The molecule has 0 unspecified atom stereocenters. The summed E-state index contributed by atoms with van der Waals surface area (Å²) in [5, 5.41) is -0.0432. The number of nitrogens with zero attached hydrogens (tertiary/aromatic N) is 1. The summed E-state index contributed by atoms with van der Waals surface area (Å²) >= 11 is 0. The number of aromatic nitrogens is 1. The molecule has 1 saturated heterocycles. The van der Waals surface area contributed by atoms with Crippen molar-refractivity contribution in [2.75, 3.05) is 6.26 Å². The normalized spacial score (nSPS) is 16.7. The van der Waals surface area contributed by atoms with Crippen molar-refractivity contribution in [3.05, 3.63) is 53.2 Å². The Morgan fingerprint density at radius 2 is 1.66 bits per heavy atom. The van der Waals surface area contributed by atoms with Gasteiger partial charge in [0.1, 0.15) is 5.03 Å². The molecule has 3 rings (SSSR count). The summed E-state index contributed by atoms with van der Waals surface area (Å²) in [6, 6.07) is 10.0. The van der Waals surface area contributed by atoms with Gasteiger partial charge in [0.2, 0.25) is 5.78 Å². The Bertz CT molecular complexity index is 1140. The second-order valence-electron chi connectivity index (χ2n) is 8.64. The number of sulfone groups is 1. The van der Waals surface area contributed by atoms with Crippen LogP contribution in [0.5, 0.6) is 0 Å². The van der Waals surface area contributed by atoms with Gasteiger partial charge in [-0.15, -0.1) is 0 Å². The first-order chi connectivity index (χ1) is 14.8. The summed E-state index contributed by atoms with van der Waals surface area (Å²) in [5.74, 6) is -4.50. The third-order valence-electron chi connectivity index (χ3n) is 5.24. The van der Waals surface area contributed by atoms with Crippen molar-refractivity contribution >= 4 is 27.6 Å². The quantitative estimate of drug-likeness (QED) is 0.354. The minimum Gasteiger partial charge on any atom is -0.422 e. The Balaban J connectivity index is 2.06. The van der Waals surface area contributed by atoms with Crippen LogP contribution >= 0.6 is 0 Å². The van der Waals surface area contributed by atoms with Gasteiger partial charge in [-0.05, 0) is 24.0 Å². The number of carbonyl (C=O) groups excluding carboxylic acids is 3. The number of ether oxygens (including phenoxy) is 2. The van der Waals surface area contributed by atoms with E-state index in [1.54, 1.807) is 30.3 Å². The third kappa shape index (κ3) is 4.77. The third-order valence-corrected chi connectivity index (χ3v) is 6.34. The molecular weight excluding hydrogens is 434 g/mol. The molecule has 1 aromatic carbocycles. The van der Waals surface area contributed by atoms with Gasteiger partial charge in [0.15, 0.2) is 15.8 Å². The van der Waals surface area contributed by atoms with Gasteiger partial charge in [0.25, 0.3) is 5.79 Å². The maximum absolute atomic E-state index is 13.4. The van der Waals surface area contributed by atoms with Crippen LogP contribution < -0.4 is 0 Å². The number of esters is 2. The standard InChI is InChI=1S/C23H27NO7S/c1-14(2)17-13-18(32(5,28)29)24(19(17)20(25)15-9-7-6-8-10-15)12-11-16-21(26)30-23(3,4)31-22(16)27/h6-10,13-14,16H,11-12H2,1-5H3. The molecule has 2 heterocycles. The molecule has 172 valence electrons. The lowest BCUT2D eigenvalue weighted by Crippen LogP contribution is -2.46. The van der Waals surface area contributed by atoms with Gasteiger partial charge in [-0.25, -0.2) is 8.42 Å². The summed E-state index contributed by atoms with van der Waals surface area (Å²) in [7, 11) is -3.70. The molecule has 0 radical (unpaired) electrons. The van der Waals surface area contributed by atoms with E-state index in [4.69, 9.17) is 9.47 Å². The summed E-state index contributed by atoms with van der Waals surface area (Å²) in [5.41, 5.74) is 1.21. The van der Waals surface area contributed by atoms with E-state index in [2.05, 4.69) is 0 Å². The minimum absolute atomic E-state index is 0.0432. The van der Waals surface area contributed by atoms with E-state index in [-0.39, 0.29) is 35.4 Å². The molecule has 32 heavy (non-hydrogen) atoms. The highest BCUT2D eigenvalue weighted by Crippen LogP contribution is 2.31. The highest BCUT2D eigenvalue weighted by atomic mass is 32.2. The smallest absolute Gasteiger partial charge is 0.323 e. The van der Waals surface area contributed by atoms with Crippen molar-refractivity contribution in [1.82, 2.24) is 4.57 Å². The van der Waals surface area contributed by atoms with E-state index in [0.29, 0.717) is 11.1 Å². The molecule has 9 heteroatoms. The molecule has 1 aromatic heterocycles. The number of ketones is 1. The van der Waals surface area contributed by atoms with Crippen molar-refractivity contribution in [2.45, 2.75) is 57.4 Å². The van der Waals surface area contributed by atoms with Gasteiger partial charge >= 0.3 is 11.9 Å². The summed E-state index contributed by atoms with van der Waals surface area (Å²) in [6.45, 7) is 6.59. The minimum atomic E-state index is -3.70. The highest BCUT2D eigenvalue weighted by Gasteiger charge is 2.43. The van der Waals surface area contributed by atoms with Crippen LogP contribution in [0.1, 0.15) is 61.6 Å². The molecule has 0 spiro atoms. The zero-order valence-electron chi connectivity index (χ0n) is 18.7. The molecule has 0 atom stereocenters. The molecule has 0 saturated carbocycles. The zero-order valence-corrected chi connectivity index (χ0v) is 19.6. The summed E-state index contributed by atoms with van der Waals surface area (Å²) in [4.78, 5) is 38.1. The van der Waals surface area contributed by atoms with Crippen LogP contribution in [0.4, 0.5) is 0 Å². The van der Waals surface area contributed by atoms with E-state index in [1.807, 2.05) is 13.8 Å². The van der Waals surface area contributed by atoms with Crippen molar-refractivity contribution in [1.29, 1.82) is 0 Å². The molecule has 0 amide bonds. The Morgan fingerprint density at radius 3 is 2.16 bits per heavy atom. The summed E-state index contributed by atoms with van der Waals surface area (Å²) < 4.78 is 36.8. The Labute approximate surface area is 187 Å². The van der Waals surface area contributed by atoms with Crippen LogP contribution in [0.25, 0.3) is 0 Å². The van der Waals surface area contributed by atoms with Gasteiger partial charge in [0, 0.05) is 32.2 Å². The molecule has 1 aliphatic rings. The number of carbonyl (C=O) groups is 3. The number of hydrogen-bond donors (Lipinski definition) is 0. The Morgan fingerprint density at radius 1 is 1.09 bits per heavy atom. The molecule has 1 fully saturated rings. The van der Waals surface area contributed by atoms with Gasteiger partial charge in [-0.1, -0.05) is 44.2 Å². The van der Waals surface area contributed by atoms with E-state index in [1.165, 1.54) is 24.5 Å². The topological polar surface area (TPSA) is 109 Å². The van der Waals surface area contributed by atoms with Crippen LogP contribution in [0.15, 0.2) is 41.4 Å². The predicted octanol–water partition coefficient (Wildman–Crippen LogP) is 3.09. The van der Waals surface area contributed by atoms with Crippen molar-refractivity contribution < 1.29 is 32.3 Å². The van der Waals surface area contributed by atoms with Crippen LogP contribution in [-0.2, 0) is 35.4 Å². The first-order valence-corrected chi connectivity index (χ1v) is 12.2. The lowest BCUT2D eigenvalue weighted by molar-refractivity contribution is -0.240. The molecule has 0 bridgehead atoms. The number of hydrogen-bond acceptors (Lipinski definition) is 7. The maximum Gasteiger partial charge on any atom is 0.323 e. The van der Waals surface area contributed by atoms with E-state index >= 15 is 0 Å². The largest absolute Gasteiger partial charge is 0.422 e. The number of benzene rings is 1. The number of cyclic esters (lactones) is 2. The monoisotopic (exact) mass is 461 g/mol. The van der Waals surface area contributed by atoms with Crippen LogP contribution in [0.3, 0.4) is 0 Å². The first-order valence-electron chi connectivity index (χ1n) is 10.3. The maximum atomic E-state index is 13.4. The SMILES string of the molecule is CC(C)c1cc(S(C)(=O)=O)n(CCC2C(=O)OC(C)(C)OC2=O)c1C(=O)c1ccccc1. The second-order valence-corrected chi connectivity index (χ2v) is 10.6. The summed E-state index contributed by atoms with van der Waals surface area (Å²) in [6.07, 6.45) is 0.989. The van der Waals surface area contributed by atoms with Crippen molar-refractivity contribution in [3.8, 4) is 0 Å². The first kappa shape index (κ1) is 23.7.